The second-order valence-corrected chi connectivity index (χ2v) is 4.30. The van der Waals surface area contributed by atoms with Gasteiger partial charge in [-0.2, -0.15) is 0 Å². The minimum absolute atomic E-state index is 0.263. The molecule has 1 aliphatic heterocycles. The zero-order valence-corrected chi connectivity index (χ0v) is 10.6. The molecule has 0 unspecified atom stereocenters. The van der Waals surface area contributed by atoms with Gasteiger partial charge in [0.1, 0.15) is 11.6 Å². The maximum atomic E-state index is 12.1. The van der Waals surface area contributed by atoms with Gasteiger partial charge in [0, 0.05) is 11.3 Å². The molecule has 0 amide bonds. The van der Waals surface area contributed by atoms with E-state index in [1.807, 2.05) is 18.2 Å². The fourth-order valence-corrected chi connectivity index (χ4v) is 1.96. The molecule has 2 aliphatic rings. The number of H-pyrrole nitrogens is 1. The van der Waals surface area contributed by atoms with Gasteiger partial charge in [0.25, 0.3) is 0 Å². The third kappa shape index (κ3) is 3.07. The Morgan fingerprint density at radius 1 is 1.05 bits per heavy atom. The summed E-state index contributed by atoms with van der Waals surface area (Å²) < 4.78 is 40.0. The fourth-order valence-electron chi connectivity index (χ4n) is 1.96. The molecule has 0 saturated heterocycles. The van der Waals surface area contributed by atoms with Crippen LogP contribution in [-0.2, 0) is 0 Å². The molecule has 0 bridgehead atoms. The summed E-state index contributed by atoms with van der Waals surface area (Å²) in [5.41, 5.74) is 2.43. The monoisotopic (exact) mass is 293 g/mol. The van der Waals surface area contributed by atoms with E-state index in [-0.39, 0.29) is 5.75 Å². The second-order valence-electron chi connectivity index (χ2n) is 4.30. The van der Waals surface area contributed by atoms with Gasteiger partial charge in [-0.05, 0) is 36.4 Å². The van der Waals surface area contributed by atoms with Crippen molar-refractivity contribution in [1.29, 1.82) is 0 Å². The molecule has 7 heteroatoms. The Hall–Kier alpha value is -2.70. The summed E-state index contributed by atoms with van der Waals surface area (Å²) in [6.07, 6.45) is -3.14. The molecular weight excluding hydrogens is 283 g/mol. The molecule has 1 aliphatic carbocycles. The number of hydrogen-bond donors (Lipinski definition) is 2. The number of fused-ring (bicyclic) bond motifs is 1. The number of ether oxygens (including phenoxy) is 1. The number of aromatic nitrogens is 2. The summed E-state index contributed by atoms with van der Waals surface area (Å²) in [6, 6.07) is 11.2. The summed E-state index contributed by atoms with van der Waals surface area (Å²) in [7, 11) is 0. The van der Waals surface area contributed by atoms with Crippen LogP contribution < -0.4 is 10.1 Å². The maximum absolute atomic E-state index is 12.1. The van der Waals surface area contributed by atoms with Crippen molar-refractivity contribution in [1.82, 2.24) is 9.97 Å². The van der Waals surface area contributed by atoms with Gasteiger partial charge in [-0.1, -0.05) is 6.07 Å². The van der Waals surface area contributed by atoms with Crippen molar-refractivity contribution in [3.05, 3.63) is 48.8 Å². The number of benzene rings is 1. The normalized spacial score (nSPS) is 11.6. The first kappa shape index (κ1) is 13.3. The van der Waals surface area contributed by atoms with E-state index in [4.69, 9.17) is 0 Å². The Kier molecular flexibility index (Phi) is 3.17. The largest absolute Gasteiger partial charge is 0.573 e. The Balaban J connectivity index is 1.78. The number of halogens is 3. The topological polar surface area (TPSA) is 49.9 Å². The van der Waals surface area contributed by atoms with Crippen molar-refractivity contribution in [3.8, 4) is 17.0 Å². The lowest BCUT2D eigenvalue weighted by atomic mass is 10.2. The highest BCUT2D eigenvalue weighted by Gasteiger charge is 2.30. The third-order valence-electron chi connectivity index (χ3n) is 2.84. The highest BCUT2D eigenvalue weighted by Crippen LogP contribution is 2.30. The van der Waals surface area contributed by atoms with Crippen LogP contribution in [0.1, 0.15) is 0 Å². The van der Waals surface area contributed by atoms with Crippen molar-refractivity contribution in [2.75, 3.05) is 5.32 Å². The van der Waals surface area contributed by atoms with Gasteiger partial charge >= 0.3 is 6.36 Å². The maximum Gasteiger partial charge on any atom is 0.573 e. The Bertz CT molecular complexity index is 706. The predicted molar refractivity (Wildman–Crippen MR) is 71.6 cm³/mol. The molecule has 0 atom stereocenters. The van der Waals surface area contributed by atoms with Crippen LogP contribution in [-0.4, -0.2) is 16.3 Å². The molecule has 21 heavy (non-hydrogen) atoms. The van der Waals surface area contributed by atoms with Crippen LogP contribution in [0.4, 0.5) is 24.7 Å². The average molecular weight is 293 g/mol. The molecule has 1 heterocycles. The van der Waals surface area contributed by atoms with E-state index >= 15 is 0 Å². The van der Waals surface area contributed by atoms with Gasteiger partial charge in [0.2, 0.25) is 0 Å². The Morgan fingerprint density at radius 3 is 2.52 bits per heavy atom. The second kappa shape index (κ2) is 5.01. The first-order valence-corrected chi connectivity index (χ1v) is 6.06. The number of hydrogen-bond acceptors (Lipinski definition) is 3. The quantitative estimate of drug-likeness (QED) is 0.762. The first-order chi connectivity index (χ1) is 10.0. The Labute approximate surface area is 117 Å². The summed E-state index contributed by atoms with van der Waals surface area (Å²) in [6.45, 7) is 0. The summed E-state index contributed by atoms with van der Waals surface area (Å²) in [5.74, 6) is 0.360. The van der Waals surface area contributed by atoms with Crippen LogP contribution in [0.15, 0.2) is 48.8 Å². The predicted octanol–water partition coefficient (Wildman–Crippen LogP) is 4.16. The van der Waals surface area contributed by atoms with E-state index in [9.17, 15) is 13.2 Å². The highest BCUT2D eigenvalue weighted by atomic mass is 19.4. The van der Waals surface area contributed by atoms with Crippen LogP contribution in [0.3, 0.4) is 0 Å². The molecule has 0 saturated carbocycles. The van der Waals surface area contributed by atoms with Crippen molar-refractivity contribution < 1.29 is 17.9 Å². The van der Waals surface area contributed by atoms with Gasteiger partial charge in [-0.3, -0.25) is 0 Å². The van der Waals surface area contributed by atoms with Gasteiger partial charge in [-0.25, -0.2) is 4.98 Å². The first-order valence-electron chi connectivity index (χ1n) is 6.06. The van der Waals surface area contributed by atoms with E-state index < -0.39 is 6.36 Å². The molecule has 1 aromatic rings. The molecule has 1 aromatic carbocycles. The average Bonchev–Trinajstić information content (AvgIpc) is 2.89. The van der Waals surface area contributed by atoms with E-state index in [2.05, 4.69) is 20.0 Å². The van der Waals surface area contributed by atoms with E-state index in [1.165, 1.54) is 24.3 Å². The summed E-state index contributed by atoms with van der Waals surface area (Å²) in [4.78, 5) is 7.17. The number of anilines is 2. The molecule has 3 rings (SSSR count). The van der Waals surface area contributed by atoms with Gasteiger partial charge in [0.15, 0.2) is 0 Å². The number of nitrogens with zero attached hydrogens (tertiary/aromatic N) is 1. The lowest BCUT2D eigenvalue weighted by molar-refractivity contribution is -0.274. The number of nitrogens with one attached hydrogen (secondary N) is 2. The molecule has 0 fully saturated rings. The molecule has 0 radical (unpaired) electrons. The van der Waals surface area contributed by atoms with Gasteiger partial charge < -0.3 is 15.0 Å². The molecule has 0 spiro atoms. The molecular formula is C14H10F3N3O. The lowest BCUT2D eigenvalue weighted by Gasteiger charge is -2.11. The van der Waals surface area contributed by atoms with Crippen molar-refractivity contribution in [2.24, 2.45) is 0 Å². The van der Waals surface area contributed by atoms with Gasteiger partial charge in [-0.15, -0.1) is 13.2 Å². The van der Waals surface area contributed by atoms with Crippen LogP contribution >= 0.6 is 0 Å². The number of aromatic amines is 1. The number of rotatable bonds is 3. The zero-order chi connectivity index (χ0) is 14.9. The van der Waals surface area contributed by atoms with Crippen molar-refractivity contribution >= 4 is 11.5 Å². The third-order valence-corrected chi connectivity index (χ3v) is 2.84. The minimum Gasteiger partial charge on any atom is -0.406 e. The smallest absolute Gasteiger partial charge is 0.406 e. The van der Waals surface area contributed by atoms with E-state index in [0.29, 0.717) is 11.5 Å². The molecule has 108 valence electrons. The van der Waals surface area contributed by atoms with Crippen LogP contribution in [0.25, 0.3) is 11.3 Å². The molecule has 2 N–H and O–H groups in total. The van der Waals surface area contributed by atoms with Crippen LogP contribution in [0.2, 0.25) is 0 Å². The minimum atomic E-state index is -4.69. The van der Waals surface area contributed by atoms with Crippen molar-refractivity contribution in [2.45, 2.75) is 6.36 Å². The molecule has 4 nitrogen and oxygen atoms in total. The van der Waals surface area contributed by atoms with Crippen LogP contribution in [0.5, 0.6) is 5.75 Å². The summed E-state index contributed by atoms with van der Waals surface area (Å²) in [5, 5.41) is 3.06. The lowest BCUT2D eigenvalue weighted by Crippen LogP contribution is -2.16. The Morgan fingerprint density at radius 2 is 1.81 bits per heavy atom. The summed E-state index contributed by atoms with van der Waals surface area (Å²) >= 11 is 0. The van der Waals surface area contributed by atoms with Gasteiger partial charge in [0.05, 0.1) is 12.0 Å². The standard InChI is InChI=1S/C14H10F3N3O/c15-14(16,17)21-10-6-4-9(5-7-10)20-13-11-2-1-3-12(11)18-8-19-13/h1-8,20H,(H,18,19). The molecule has 0 aromatic heterocycles. The fraction of sp³-hybridized carbons (Fsp3) is 0.0714. The SMILES string of the molecule is FC(F)(F)Oc1ccc(Nc2nc[nH]c3cccc2-3)cc1. The zero-order valence-electron chi connectivity index (χ0n) is 10.6. The van der Waals surface area contributed by atoms with Crippen molar-refractivity contribution in [3.63, 3.8) is 0 Å². The van der Waals surface area contributed by atoms with E-state index in [0.717, 1.165) is 11.3 Å². The number of alkyl halides is 3. The van der Waals surface area contributed by atoms with E-state index in [1.54, 1.807) is 6.33 Å². The van der Waals surface area contributed by atoms with Crippen LogP contribution in [0, 0.1) is 0 Å². The highest BCUT2D eigenvalue weighted by molar-refractivity contribution is 5.77.